The summed E-state index contributed by atoms with van der Waals surface area (Å²) in [4.78, 5) is 20.2. The van der Waals surface area contributed by atoms with Gasteiger partial charge in [-0.15, -0.1) is 0 Å². The lowest BCUT2D eigenvalue weighted by Gasteiger charge is -2.21. The van der Waals surface area contributed by atoms with E-state index in [4.69, 9.17) is 4.98 Å². The van der Waals surface area contributed by atoms with E-state index in [1.54, 1.807) is 0 Å². The first-order chi connectivity index (χ1) is 13.1. The van der Waals surface area contributed by atoms with Crippen molar-refractivity contribution in [2.45, 2.75) is 20.3 Å². The minimum atomic E-state index is 0.100. The number of amides is 1. The number of rotatable bonds is 2. The molecule has 27 heavy (non-hydrogen) atoms. The molecule has 1 aromatic heterocycles. The normalized spacial score (nSPS) is 15.0. The zero-order chi connectivity index (χ0) is 18.8. The van der Waals surface area contributed by atoms with Crippen molar-refractivity contribution in [3.05, 3.63) is 65.2 Å². The molecule has 0 spiro atoms. The number of fused-ring (bicyclic) bond motifs is 1. The fourth-order valence-corrected chi connectivity index (χ4v) is 3.81. The van der Waals surface area contributed by atoms with Crippen LogP contribution in [-0.4, -0.2) is 42.0 Å². The second-order valence-corrected chi connectivity index (χ2v) is 7.29. The van der Waals surface area contributed by atoms with E-state index in [2.05, 4.69) is 37.4 Å². The van der Waals surface area contributed by atoms with Gasteiger partial charge in [0.05, 0.1) is 16.8 Å². The van der Waals surface area contributed by atoms with Gasteiger partial charge >= 0.3 is 0 Å². The molecule has 0 radical (unpaired) electrons. The third-order valence-corrected chi connectivity index (χ3v) is 5.23. The fourth-order valence-electron chi connectivity index (χ4n) is 3.81. The van der Waals surface area contributed by atoms with Gasteiger partial charge in [0.25, 0.3) is 5.91 Å². The Kier molecular flexibility index (Phi) is 4.90. The van der Waals surface area contributed by atoms with Crippen LogP contribution in [0.3, 0.4) is 0 Å². The smallest absolute Gasteiger partial charge is 0.254 e. The molecule has 4 nitrogen and oxygen atoms in total. The van der Waals surface area contributed by atoms with E-state index in [9.17, 15) is 4.79 Å². The predicted octanol–water partition coefficient (Wildman–Crippen LogP) is 3.95. The number of nitrogens with one attached hydrogen (secondary N) is 1. The number of pyridine rings is 1. The van der Waals surface area contributed by atoms with Gasteiger partial charge < -0.3 is 10.2 Å². The molecule has 0 atom stereocenters. The van der Waals surface area contributed by atoms with Gasteiger partial charge in [0.1, 0.15) is 0 Å². The number of hydrogen-bond donors (Lipinski definition) is 1. The average Bonchev–Trinajstić information content (AvgIpc) is 2.96. The second-order valence-electron chi connectivity index (χ2n) is 7.29. The molecule has 138 valence electrons. The fraction of sp³-hybridized carbons (Fsp3) is 0.304. The summed E-state index contributed by atoms with van der Waals surface area (Å²) in [5, 5.41) is 4.29. The molecule has 0 unspecified atom stereocenters. The van der Waals surface area contributed by atoms with E-state index < -0.39 is 0 Å². The molecule has 3 aromatic rings. The van der Waals surface area contributed by atoms with Crippen LogP contribution in [0.5, 0.6) is 0 Å². The van der Waals surface area contributed by atoms with Gasteiger partial charge in [0, 0.05) is 30.6 Å². The highest BCUT2D eigenvalue weighted by atomic mass is 16.2. The van der Waals surface area contributed by atoms with Crippen molar-refractivity contribution < 1.29 is 4.79 Å². The van der Waals surface area contributed by atoms with Crippen molar-refractivity contribution in [1.29, 1.82) is 0 Å². The van der Waals surface area contributed by atoms with Crippen LogP contribution in [0.15, 0.2) is 48.5 Å². The first kappa shape index (κ1) is 17.7. The SMILES string of the molecule is Cc1ccc(-c2cc(C(=O)N3CCCNCC3)c3ccccc3n2)c(C)c1. The maximum absolute atomic E-state index is 13.4. The first-order valence-corrected chi connectivity index (χ1v) is 9.61. The number of benzene rings is 2. The predicted molar refractivity (Wildman–Crippen MR) is 110 cm³/mol. The molecular weight excluding hydrogens is 334 g/mol. The van der Waals surface area contributed by atoms with Gasteiger partial charge in [-0.3, -0.25) is 4.79 Å². The standard InChI is InChI=1S/C23H25N3O/c1-16-8-9-18(17(2)14-16)22-15-20(19-6-3-4-7-21(19)25-22)23(27)26-12-5-10-24-11-13-26/h3-4,6-9,14-15,24H,5,10-13H2,1-2H3. The molecule has 2 aromatic carbocycles. The molecular formula is C23H25N3O. The van der Waals surface area contributed by atoms with Crippen LogP contribution in [0, 0.1) is 13.8 Å². The molecule has 4 rings (SSSR count). The van der Waals surface area contributed by atoms with Crippen LogP contribution >= 0.6 is 0 Å². The van der Waals surface area contributed by atoms with Crippen molar-refractivity contribution in [3.63, 3.8) is 0 Å². The summed E-state index contributed by atoms with van der Waals surface area (Å²) in [6, 6.07) is 16.3. The number of hydrogen-bond acceptors (Lipinski definition) is 3. The van der Waals surface area contributed by atoms with E-state index in [1.807, 2.05) is 35.2 Å². The Bertz CT molecular complexity index is 988. The second kappa shape index (κ2) is 7.49. The van der Waals surface area contributed by atoms with E-state index in [0.29, 0.717) is 0 Å². The lowest BCUT2D eigenvalue weighted by Crippen LogP contribution is -2.34. The Morgan fingerprint density at radius 1 is 1.04 bits per heavy atom. The zero-order valence-corrected chi connectivity index (χ0v) is 16.0. The third kappa shape index (κ3) is 3.58. The molecule has 1 aliphatic rings. The Morgan fingerprint density at radius 2 is 1.89 bits per heavy atom. The van der Waals surface area contributed by atoms with Crippen molar-refractivity contribution in [3.8, 4) is 11.3 Å². The van der Waals surface area contributed by atoms with Crippen LogP contribution < -0.4 is 5.32 Å². The molecule has 1 fully saturated rings. The number of nitrogens with zero attached hydrogens (tertiary/aromatic N) is 2. The molecule has 1 N–H and O–H groups in total. The van der Waals surface area contributed by atoms with Gasteiger partial charge in [0.2, 0.25) is 0 Å². The van der Waals surface area contributed by atoms with Crippen LogP contribution in [0.25, 0.3) is 22.2 Å². The molecule has 0 aliphatic carbocycles. The Morgan fingerprint density at radius 3 is 2.74 bits per heavy atom. The summed E-state index contributed by atoms with van der Waals surface area (Å²) in [5.41, 5.74) is 5.96. The van der Waals surface area contributed by atoms with Crippen LogP contribution in [0.1, 0.15) is 27.9 Å². The maximum atomic E-state index is 13.4. The first-order valence-electron chi connectivity index (χ1n) is 9.61. The van der Waals surface area contributed by atoms with Crippen molar-refractivity contribution in [2.24, 2.45) is 0 Å². The summed E-state index contributed by atoms with van der Waals surface area (Å²) >= 11 is 0. The quantitative estimate of drug-likeness (QED) is 0.753. The summed E-state index contributed by atoms with van der Waals surface area (Å²) in [5.74, 6) is 0.100. The molecule has 0 bridgehead atoms. The van der Waals surface area contributed by atoms with Gasteiger partial charge in [-0.1, -0.05) is 42.0 Å². The number of carbonyl (C=O) groups is 1. The maximum Gasteiger partial charge on any atom is 0.254 e. The number of carbonyl (C=O) groups excluding carboxylic acids is 1. The summed E-state index contributed by atoms with van der Waals surface area (Å²) < 4.78 is 0. The zero-order valence-electron chi connectivity index (χ0n) is 16.0. The molecule has 2 heterocycles. The van der Waals surface area contributed by atoms with Crippen LogP contribution in [-0.2, 0) is 0 Å². The summed E-state index contributed by atoms with van der Waals surface area (Å²) in [6.07, 6.45) is 0.985. The molecule has 4 heteroatoms. The third-order valence-electron chi connectivity index (χ3n) is 5.23. The van der Waals surface area contributed by atoms with Crippen LogP contribution in [0.4, 0.5) is 0 Å². The van der Waals surface area contributed by atoms with Gasteiger partial charge in [-0.25, -0.2) is 4.98 Å². The summed E-state index contributed by atoms with van der Waals surface area (Å²) in [7, 11) is 0. The Labute approximate surface area is 160 Å². The van der Waals surface area contributed by atoms with Crippen molar-refractivity contribution in [1.82, 2.24) is 15.2 Å². The largest absolute Gasteiger partial charge is 0.337 e. The van der Waals surface area contributed by atoms with Crippen molar-refractivity contribution >= 4 is 16.8 Å². The summed E-state index contributed by atoms with van der Waals surface area (Å²) in [6.45, 7) is 7.54. The molecule has 1 saturated heterocycles. The van der Waals surface area contributed by atoms with Crippen molar-refractivity contribution in [2.75, 3.05) is 26.2 Å². The van der Waals surface area contributed by atoms with E-state index in [-0.39, 0.29) is 5.91 Å². The number of aromatic nitrogens is 1. The Hall–Kier alpha value is -2.72. The minimum absolute atomic E-state index is 0.100. The van der Waals surface area contributed by atoms with E-state index in [0.717, 1.165) is 60.3 Å². The lowest BCUT2D eigenvalue weighted by molar-refractivity contribution is 0.0768. The van der Waals surface area contributed by atoms with Gasteiger partial charge in [-0.05, 0) is 44.5 Å². The number of para-hydroxylation sites is 1. The average molecular weight is 359 g/mol. The van der Waals surface area contributed by atoms with E-state index in [1.165, 1.54) is 11.1 Å². The van der Waals surface area contributed by atoms with Gasteiger partial charge in [0.15, 0.2) is 0 Å². The highest BCUT2D eigenvalue weighted by Gasteiger charge is 2.21. The Balaban J connectivity index is 1.84. The molecule has 1 aliphatic heterocycles. The lowest BCUT2D eigenvalue weighted by atomic mass is 9.99. The highest BCUT2D eigenvalue weighted by Crippen LogP contribution is 2.28. The van der Waals surface area contributed by atoms with E-state index >= 15 is 0 Å². The number of aryl methyl sites for hydroxylation is 2. The minimum Gasteiger partial charge on any atom is -0.337 e. The van der Waals surface area contributed by atoms with Crippen LogP contribution in [0.2, 0.25) is 0 Å². The topological polar surface area (TPSA) is 45.2 Å². The highest BCUT2D eigenvalue weighted by molar-refractivity contribution is 6.07. The van der Waals surface area contributed by atoms with Gasteiger partial charge in [-0.2, -0.15) is 0 Å². The monoisotopic (exact) mass is 359 g/mol. The molecule has 0 saturated carbocycles. The molecule has 1 amide bonds.